The van der Waals surface area contributed by atoms with Crippen molar-refractivity contribution in [1.82, 2.24) is 30.8 Å². The predicted molar refractivity (Wildman–Crippen MR) is 124 cm³/mol. The van der Waals surface area contributed by atoms with Crippen molar-refractivity contribution in [2.45, 2.75) is 10.1 Å². The minimum Gasteiger partial charge on any atom is -0.372 e. The van der Waals surface area contributed by atoms with Crippen molar-refractivity contribution >= 4 is 64.3 Å². The Balaban J connectivity index is 2.10. The molecule has 10 nitrogen and oxygen atoms in total. The van der Waals surface area contributed by atoms with Crippen molar-refractivity contribution in [3.8, 4) is 0 Å². The zero-order valence-corrected chi connectivity index (χ0v) is 20.4. The SMILES string of the molecule is CN(C)c1nnnc(SSSSc2nnnc(N(C)C)c2N(C)C)c1N(C)C. The average molecular weight is 461 g/mol. The van der Waals surface area contributed by atoms with E-state index in [1.807, 2.05) is 76.0 Å². The van der Waals surface area contributed by atoms with Crippen LogP contribution in [0.1, 0.15) is 0 Å². The summed E-state index contributed by atoms with van der Waals surface area (Å²) >= 11 is 0. The van der Waals surface area contributed by atoms with Gasteiger partial charge in [0, 0.05) is 56.4 Å². The standard InChI is InChI=1S/C14H24N10S4/c1-21(2)9-11(23(5)6)15-19-17-13(9)25-27-28-26-14-10(22(3)4)12(24(7)8)16-20-18-14/h1-8H3. The highest BCUT2D eigenvalue weighted by molar-refractivity contribution is 9.26. The topological polar surface area (TPSA) is 90.3 Å². The maximum Gasteiger partial charge on any atom is 0.179 e. The van der Waals surface area contributed by atoms with E-state index < -0.39 is 0 Å². The molecule has 0 aliphatic rings. The van der Waals surface area contributed by atoms with E-state index in [-0.39, 0.29) is 0 Å². The maximum absolute atomic E-state index is 4.21. The highest BCUT2D eigenvalue weighted by Crippen LogP contribution is 2.52. The van der Waals surface area contributed by atoms with E-state index in [9.17, 15) is 0 Å². The Morgan fingerprint density at radius 3 is 1.14 bits per heavy atom. The van der Waals surface area contributed by atoms with Gasteiger partial charge in [0.2, 0.25) is 0 Å². The molecule has 0 amide bonds. The van der Waals surface area contributed by atoms with Crippen LogP contribution in [0.2, 0.25) is 0 Å². The summed E-state index contributed by atoms with van der Waals surface area (Å²) in [7, 11) is 21.9. The monoisotopic (exact) mass is 460 g/mol. The highest BCUT2D eigenvalue weighted by Gasteiger charge is 2.19. The Morgan fingerprint density at radius 2 is 0.857 bits per heavy atom. The van der Waals surface area contributed by atoms with Crippen LogP contribution in [-0.4, -0.2) is 87.2 Å². The summed E-state index contributed by atoms with van der Waals surface area (Å²) in [6, 6.07) is 0. The second kappa shape index (κ2) is 10.4. The third-order valence-electron chi connectivity index (χ3n) is 3.37. The fourth-order valence-electron chi connectivity index (χ4n) is 2.18. The molecule has 0 saturated heterocycles. The summed E-state index contributed by atoms with van der Waals surface area (Å²) in [6.45, 7) is 0. The van der Waals surface area contributed by atoms with Gasteiger partial charge in [-0.15, -0.1) is 20.4 Å². The zero-order chi connectivity index (χ0) is 20.8. The van der Waals surface area contributed by atoms with Crippen molar-refractivity contribution in [3.05, 3.63) is 0 Å². The lowest BCUT2D eigenvalue weighted by Gasteiger charge is -2.22. The molecule has 0 unspecified atom stereocenters. The summed E-state index contributed by atoms with van der Waals surface area (Å²) in [5, 5.41) is 26.1. The molecule has 0 fully saturated rings. The molecule has 0 bridgehead atoms. The van der Waals surface area contributed by atoms with Crippen LogP contribution in [0, 0.1) is 0 Å². The molecule has 0 aliphatic heterocycles. The molecule has 2 heterocycles. The normalized spacial score (nSPS) is 10.7. The molecule has 14 heteroatoms. The second-order valence-corrected chi connectivity index (χ2v) is 12.1. The fourth-order valence-corrected chi connectivity index (χ4v) is 7.60. The second-order valence-electron chi connectivity index (χ2n) is 6.41. The van der Waals surface area contributed by atoms with Crippen molar-refractivity contribution in [1.29, 1.82) is 0 Å². The summed E-state index contributed by atoms with van der Waals surface area (Å²) in [5.41, 5.74) is 1.88. The molecule has 28 heavy (non-hydrogen) atoms. The van der Waals surface area contributed by atoms with Crippen molar-refractivity contribution < 1.29 is 0 Å². The van der Waals surface area contributed by atoms with Crippen LogP contribution in [0.5, 0.6) is 0 Å². The fraction of sp³-hybridized carbons (Fsp3) is 0.571. The van der Waals surface area contributed by atoms with Crippen LogP contribution in [0.3, 0.4) is 0 Å². The van der Waals surface area contributed by atoms with Gasteiger partial charge in [-0.3, -0.25) is 0 Å². The van der Waals surface area contributed by atoms with Gasteiger partial charge in [0.05, 0.1) is 0 Å². The Kier molecular flexibility index (Phi) is 8.52. The number of aromatic nitrogens is 6. The largest absolute Gasteiger partial charge is 0.372 e. The summed E-state index contributed by atoms with van der Waals surface area (Å²) in [4.78, 5) is 7.86. The smallest absolute Gasteiger partial charge is 0.179 e. The Labute approximate surface area is 180 Å². The molecule has 0 radical (unpaired) electrons. The van der Waals surface area contributed by atoms with Gasteiger partial charge in [-0.2, -0.15) is 0 Å². The first-order chi connectivity index (χ1) is 13.2. The first-order valence-electron chi connectivity index (χ1n) is 8.07. The number of hydrogen-bond acceptors (Lipinski definition) is 14. The van der Waals surface area contributed by atoms with Gasteiger partial charge in [0.15, 0.2) is 21.7 Å². The zero-order valence-electron chi connectivity index (χ0n) is 17.1. The third kappa shape index (κ3) is 5.58. The predicted octanol–water partition coefficient (Wildman–Crippen LogP) is 2.42. The van der Waals surface area contributed by atoms with Crippen molar-refractivity contribution in [3.63, 3.8) is 0 Å². The van der Waals surface area contributed by atoms with E-state index in [0.717, 1.165) is 33.1 Å². The Morgan fingerprint density at radius 1 is 0.500 bits per heavy atom. The molecule has 0 N–H and O–H groups in total. The van der Waals surface area contributed by atoms with Crippen LogP contribution in [0.4, 0.5) is 23.0 Å². The molecular weight excluding hydrogens is 436 g/mol. The average Bonchev–Trinajstić information content (AvgIpc) is 2.64. The highest BCUT2D eigenvalue weighted by atomic mass is 33.7. The molecule has 2 aromatic rings. The van der Waals surface area contributed by atoms with Gasteiger partial charge in [-0.1, -0.05) is 0 Å². The van der Waals surface area contributed by atoms with E-state index >= 15 is 0 Å². The lowest BCUT2D eigenvalue weighted by Crippen LogP contribution is -2.20. The van der Waals surface area contributed by atoms with Gasteiger partial charge >= 0.3 is 0 Å². The lowest BCUT2D eigenvalue weighted by atomic mass is 10.4. The molecule has 0 saturated carbocycles. The first kappa shape index (κ1) is 22.9. The summed E-state index contributed by atoms with van der Waals surface area (Å²) in [5.74, 6) is 1.57. The molecule has 2 aromatic heterocycles. The van der Waals surface area contributed by atoms with E-state index in [0.29, 0.717) is 0 Å². The van der Waals surface area contributed by atoms with Crippen molar-refractivity contribution in [2.75, 3.05) is 76.0 Å². The lowest BCUT2D eigenvalue weighted by molar-refractivity contribution is 0.784. The molecule has 2 rings (SSSR count). The van der Waals surface area contributed by atoms with Crippen LogP contribution < -0.4 is 19.6 Å². The van der Waals surface area contributed by atoms with Crippen LogP contribution in [0.25, 0.3) is 0 Å². The number of anilines is 4. The van der Waals surface area contributed by atoms with E-state index in [2.05, 4.69) is 30.8 Å². The summed E-state index contributed by atoms with van der Waals surface area (Å²) < 4.78 is 0. The summed E-state index contributed by atoms with van der Waals surface area (Å²) in [6.07, 6.45) is 0. The number of rotatable bonds is 9. The van der Waals surface area contributed by atoms with Gasteiger partial charge in [0.1, 0.15) is 11.4 Å². The number of nitrogens with zero attached hydrogens (tertiary/aromatic N) is 10. The quantitative estimate of drug-likeness (QED) is 0.405. The van der Waals surface area contributed by atoms with Gasteiger partial charge in [-0.25, -0.2) is 0 Å². The van der Waals surface area contributed by atoms with Gasteiger partial charge in [0.25, 0.3) is 0 Å². The van der Waals surface area contributed by atoms with E-state index in [1.54, 1.807) is 19.7 Å². The van der Waals surface area contributed by atoms with Crippen molar-refractivity contribution in [2.24, 2.45) is 0 Å². The minimum atomic E-state index is 0.784. The molecule has 0 aromatic carbocycles. The molecular formula is C14H24N10S4. The molecule has 154 valence electrons. The minimum absolute atomic E-state index is 0.784. The van der Waals surface area contributed by atoms with E-state index in [1.165, 1.54) is 21.6 Å². The van der Waals surface area contributed by atoms with Crippen LogP contribution >= 0.6 is 41.2 Å². The Bertz CT molecular complexity index is 721. The molecule has 0 atom stereocenters. The van der Waals surface area contributed by atoms with E-state index in [4.69, 9.17) is 0 Å². The molecule has 0 aliphatic carbocycles. The van der Waals surface area contributed by atoms with Gasteiger partial charge < -0.3 is 19.6 Å². The molecule has 0 spiro atoms. The maximum atomic E-state index is 4.21. The van der Waals surface area contributed by atoms with Crippen LogP contribution in [-0.2, 0) is 0 Å². The third-order valence-corrected chi connectivity index (χ3v) is 9.18. The van der Waals surface area contributed by atoms with Gasteiger partial charge in [-0.05, 0) is 51.7 Å². The Hall–Kier alpha value is -1.38. The number of hydrogen-bond donors (Lipinski definition) is 0. The van der Waals surface area contributed by atoms with Crippen LogP contribution in [0.15, 0.2) is 10.1 Å². The first-order valence-corrected chi connectivity index (χ1v) is 12.9.